The minimum atomic E-state index is 0.163. The van der Waals surface area contributed by atoms with Crippen molar-refractivity contribution in [3.05, 3.63) is 47.4 Å². The highest BCUT2D eigenvalue weighted by Crippen LogP contribution is 2.33. The van der Waals surface area contributed by atoms with Gasteiger partial charge in [0.05, 0.1) is 0 Å². The van der Waals surface area contributed by atoms with Crippen molar-refractivity contribution in [2.75, 3.05) is 0 Å². The normalized spacial score (nSPS) is 10.7. The van der Waals surface area contributed by atoms with E-state index in [-0.39, 0.29) is 5.75 Å². The molecule has 5 nitrogen and oxygen atoms in total. The first-order valence-electron chi connectivity index (χ1n) is 5.31. The second-order valence-electron chi connectivity index (χ2n) is 3.69. The summed E-state index contributed by atoms with van der Waals surface area (Å²) >= 11 is 1.36. The molecule has 6 heteroatoms. The zero-order valence-corrected chi connectivity index (χ0v) is 10.1. The first kappa shape index (κ1) is 10.9. The molecule has 0 aliphatic rings. The average molecular weight is 259 g/mol. The quantitative estimate of drug-likeness (QED) is 0.782. The minimum Gasteiger partial charge on any atom is -0.506 e. The third-order valence-electron chi connectivity index (χ3n) is 2.39. The summed E-state index contributed by atoms with van der Waals surface area (Å²) in [5, 5.41) is 15.2. The summed E-state index contributed by atoms with van der Waals surface area (Å²) in [5.41, 5.74) is 1.01. The van der Waals surface area contributed by atoms with E-state index < -0.39 is 0 Å². The molecule has 0 radical (unpaired) electrons. The van der Waals surface area contributed by atoms with E-state index in [2.05, 4.69) is 15.1 Å². The van der Waals surface area contributed by atoms with Crippen LogP contribution in [0, 0.1) is 0 Å². The molecular weight excluding hydrogens is 250 g/mol. The van der Waals surface area contributed by atoms with Crippen LogP contribution in [0.1, 0.15) is 11.4 Å². The van der Waals surface area contributed by atoms with Gasteiger partial charge in [-0.05, 0) is 23.1 Å². The van der Waals surface area contributed by atoms with Crippen LogP contribution in [-0.4, -0.2) is 20.2 Å². The number of hydrogen-bond donors (Lipinski definition) is 1. The van der Waals surface area contributed by atoms with Crippen molar-refractivity contribution in [3.8, 4) is 16.5 Å². The largest absolute Gasteiger partial charge is 0.506 e. The Labute approximate surface area is 107 Å². The second kappa shape index (κ2) is 4.58. The zero-order chi connectivity index (χ0) is 12.4. The molecule has 3 aromatic rings. The van der Waals surface area contributed by atoms with Crippen LogP contribution in [0.5, 0.6) is 5.75 Å². The van der Waals surface area contributed by atoms with E-state index in [1.165, 1.54) is 11.3 Å². The Balaban J connectivity index is 1.84. The third-order valence-corrected chi connectivity index (χ3v) is 3.28. The summed E-state index contributed by atoms with van der Waals surface area (Å²) in [6.07, 6.45) is 4.04. The van der Waals surface area contributed by atoms with Crippen LogP contribution < -0.4 is 0 Å². The highest BCUT2D eigenvalue weighted by Gasteiger charge is 2.14. The van der Waals surface area contributed by atoms with E-state index >= 15 is 0 Å². The van der Waals surface area contributed by atoms with Crippen molar-refractivity contribution in [2.45, 2.75) is 6.42 Å². The highest BCUT2D eigenvalue weighted by atomic mass is 32.1. The molecule has 0 unspecified atom stereocenters. The number of hydrogen-bond acceptors (Lipinski definition) is 6. The maximum Gasteiger partial charge on any atom is 0.271 e. The number of rotatable bonds is 3. The van der Waals surface area contributed by atoms with Crippen molar-refractivity contribution >= 4 is 11.3 Å². The van der Waals surface area contributed by atoms with Crippen molar-refractivity contribution in [2.24, 2.45) is 0 Å². The van der Waals surface area contributed by atoms with Gasteiger partial charge >= 0.3 is 0 Å². The molecule has 3 rings (SSSR count). The lowest BCUT2D eigenvalue weighted by Crippen LogP contribution is -1.90. The summed E-state index contributed by atoms with van der Waals surface area (Å²) in [6, 6.07) is 5.41. The van der Waals surface area contributed by atoms with Crippen molar-refractivity contribution in [1.29, 1.82) is 0 Å². The van der Waals surface area contributed by atoms with Gasteiger partial charge in [-0.1, -0.05) is 11.2 Å². The lowest BCUT2D eigenvalue weighted by Gasteiger charge is -1.93. The smallest absolute Gasteiger partial charge is 0.271 e. The van der Waals surface area contributed by atoms with Crippen LogP contribution in [0.4, 0.5) is 0 Å². The molecule has 0 aromatic carbocycles. The van der Waals surface area contributed by atoms with Gasteiger partial charge in [0.25, 0.3) is 5.89 Å². The molecular formula is C12H9N3O2S. The summed E-state index contributed by atoms with van der Waals surface area (Å²) in [5.74, 6) is 1.09. The molecule has 0 bridgehead atoms. The van der Waals surface area contributed by atoms with Gasteiger partial charge in [-0.2, -0.15) is 4.98 Å². The molecule has 0 spiro atoms. The zero-order valence-electron chi connectivity index (χ0n) is 9.28. The predicted octanol–water partition coefficient (Wildman–Crippen LogP) is 2.49. The average Bonchev–Trinajstić information content (AvgIpc) is 2.99. The minimum absolute atomic E-state index is 0.163. The fourth-order valence-corrected chi connectivity index (χ4v) is 2.27. The standard InChI is InChI=1S/C12H9N3O2S/c16-9-3-5-18-11(9)12-14-10(15-17-12)6-8-2-1-4-13-7-8/h1-5,7,16H,6H2. The molecule has 0 atom stereocenters. The van der Waals surface area contributed by atoms with E-state index in [0.717, 1.165) is 5.56 Å². The summed E-state index contributed by atoms with van der Waals surface area (Å²) in [7, 11) is 0. The molecule has 0 saturated carbocycles. The van der Waals surface area contributed by atoms with Crippen molar-refractivity contribution in [3.63, 3.8) is 0 Å². The molecule has 3 heterocycles. The Morgan fingerprint density at radius 2 is 2.28 bits per heavy atom. The van der Waals surface area contributed by atoms with Crippen molar-refractivity contribution in [1.82, 2.24) is 15.1 Å². The number of aromatic nitrogens is 3. The van der Waals surface area contributed by atoms with Gasteiger partial charge in [-0.25, -0.2) is 0 Å². The van der Waals surface area contributed by atoms with E-state index in [1.807, 2.05) is 12.1 Å². The van der Waals surface area contributed by atoms with Gasteiger partial charge in [-0.3, -0.25) is 4.98 Å². The fraction of sp³-hybridized carbons (Fsp3) is 0.0833. The lowest BCUT2D eigenvalue weighted by molar-refractivity contribution is 0.420. The first-order valence-corrected chi connectivity index (χ1v) is 6.19. The Morgan fingerprint density at radius 1 is 1.33 bits per heavy atom. The summed E-state index contributed by atoms with van der Waals surface area (Å²) in [4.78, 5) is 8.88. The maximum atomic E-state index is 9.58. The van der Waals surface area contributed by atoms with E-state index in [0.29, 0.717) is 23.0 Å². The first-order chi connectivity index (χ1) is 8.83. The Hall–Kier alpha value is -2.21. The van der Waals surface area contributed by atoms with Crippen molar-refractivity contribution < 1.29 is 9.63 Å². The Kier molecular flexibility index (Phi) is 2.77. The third kappa shape index (κ3) is 2.10. The van der Waals surface area contributed by atoms with E-state index in [1.54, 1.807) is 23.8 Å². The van der Waals surface area contributed by atoms with Crippen LogP contribution >= 0.6 is 11.3 Å². The Bertz CT molecular complexity index is 648. The molecule has 1 N–H and O–H groups in total. The lowest BCUT2D eigenvalue weighted by atomic mass is 10.2. The number of thiophene rings is 1. The van der Waals surface area contributed by atoms with Crippen LogP contribution in [0.3, 0.4) is 0 Å². The molecule has 0 fully saturated rings. The van der Waals surface area contributed by atoms with Crippen LogP contribution in [0.2, 0.25) is 0 Å². The Morgan fingerprint density at radius 3 is 3.00 bits per heavy atom. The molecule has 0 aliphatic carbocycles. The monoisotopic (exact) mass is 259 g/mol. The molecule has 0 saturated heterocycles. The topological polar surface area (TPSA) is 72.0 Å². The van der Waals surface area contributed by atoms with E-state index in [4.69, 9.17) is 4.52 Å². The predicted molar refractivity (Wildman–Crippen MR) is 66.3 cm³/mol. The molecule has 3 aromatic heterocycles. The SMILES string of the molecule is Oc1ccsc1-c1nc(Cc2cccnc2)no1. The van der Waals surface area contributed by atoms with Gasteiger partial charge in [0.15, 0.2) is 5.82 Å². The molecule has 0 amide bonds. The van der Waals surface area contributed by atoms with Gasteiger partial charge in [-0.15, -0.1) is 11.3 Å². The van der Waals surface area contributed by atoms with Gasteiger partial charge in [0.2, 0.25) is 0 Å². The van der Waals surface area contributed by atoms with Gasteiger partial charge in [0.1, 0.15) is 10.6 Å². The summed E-state index contributed by atoms with van der Waals surface area (Å²) < 4.78 is 5.13. The van der Waals surface area contributed by atoms with Crippen LogP contribution in [-0.2, 0) is 6.42 Å². The van der Waals surface area contributed by atoms with Gasteiger partial charge in [0, 0.05) is 18.8 Å². The molecule has 0 aliphatic heterocycles. The number of aromatic hydroxyl groups is 1. The van der Waals surface area contributed by atoms with Crippen LogP contribution in [0.15, 0.2) is 40.5 Å². The second-order valence-corrected chi connectivity index (χ2v) is 4.60. The molecule has 18 heavy (non-hydrogen) atoms. The maximum absolute atomic E-state index is 9.58. The fourth-order valence-electron chi connectivity index (χ4n) is 1.57. The summed E-state index contributed by atoms with van der Waals surface area (Å²) in [6.45, 7) is 0. The molecule has 90 valence electrons. The van der Waals surface area contributed by atoms with E-state index in [9.17, 15) is 5.11 Å². The highest BCUT2D eigenvalue weighted by molar-refractivity contribution is 7.13. The number of nitrogens with zero attached hydrogens (tertiary/aromatic N) is 3. The van der Waals surface area contributed by atoms with Crippen LogP contribution in [0.25, 0.3) is 10.8 Å². The number of pyridine rings is 1. The van der Waals surface area contributed by atoms with Gasteiger partial charge < -0.3 is 9.63 Å².